The van der Waals surface area contributed by atoms with Gasteiger partial charge in [0.15, 0.2) is 5.69 Å². The molecule has 3 aromatic rings. The number of benzene rings is 2. The number of hydrogen-bond donors (Lipinski definition) is 1. The number of rotatable bonds is 7. The summed E-state index contributed by atoms with van der Waals surface area (Å²) in [6.45, 7) is 2.83. The van der Waals surface area contributed by atoms with E-state index in [0.29, 0.717) is 35.7 Å². The quantitative estimate of drug-likeness (QED) is 0.367. The highest BCUT2D eigenvalue weighted by Gasteiger charge is 2.47. The number of fused-ring (bicyclic) bond motifs is 1. The van der Waals surface area contributed by atoms with E-state index in [2.05, 4.69) is 5.32 Å². The summed E-state index contributed by atoms with van der Waals surface area (Å²) in [5, 5.41) is 2.89. The zero-order chi connectivity index (χ0) is 33.6. The monoisotopic (exact) mass is 670 g/mol. The second-order valence-electron chi connectivity index (χ2n) is 12.0. The van der Waals surface area contributed by atoms with Gasteiger partial charge in [-0.1, -0.05) is 30.7 Å². The van der Waals surface area contributed by atoms with Gasteiger partial charge in [0.1, 0.15) is 5.75 Å². The molecule has 3 fully saturated rings. The number of amides is 4. The van der Waals surface area contributed by atoms with Gasteiger partial charge >= 0.3 is 12.2 Å². The van der Waals surface area contributed by atoms with Crippen molar-refractivity contribution in [2.45, 2.75) is 44.1 Å². The summed E-state index contributed by atoms with van der Waals surface area (Å²) in [6, 6.07) is 12.7. The van der Waals surface area contributed by atoms with Crippen LogP contribution in [0.5, 0.6) is 5.75 Å². The molecule has 3 atom stereocenters. The predicted octanol–water partition coefficient (Wildman–Crippen LogP) is 5.30. The second-order valence-corrected chi connectivity index (χ2v) is 12.4. The molecule has 3 aliphatic rings. The number of likely N-dealkylation sites (tertiary alicyclic amines) is 1. The van der Waals surface area contributed by atoms with Crippen LogP contribution in [0.25, 0.3) is 11.3 Å². The fourth-order valence-electron chi connectivity index (χ4n) is 6.67. The van der Waals surface area contributed by atoms with Crippen molar-refractivity contribution in [3.63, 3.8) is 0 Å². The molecule has 14 heteroatoms. The van der Waals surface area contributed by atoms with Crippen LogP contribution < -0.4 is 19.9 Å². The maximum Gasteiger partial charge on any atom is 0.418 e. The molecule has 4 amide bonds. The predicted molar refractivity (Wildman–Crippen MR) is 171 cm³/mol. The molecule has 4 heterocycles. The molecule has 0 aliphatic carbocycles. The third-order valence-corrected chi connectivity index (χ3v) is 9.29. The first-order chi connectivity index (χ1) is 22.4. The number of pyridine rings is 1. The summed E-state index contributed by atoms with van der Waals surface area (Å²) >= 11 is 5.90. The Morgan fingerprint density at radius 1 is 1.02 bits per heavy atom. The van der Waals surface area contributed by atoms with Gasteiger partial charge in [-0.3, -0.25) is 14.5 Å². The Labute approximate surface area is 275 Å². The Balaban J connectivity index is 1.36. The van der Waals surface area contributed by atoms with Crippen LogP contribution >= 0.6 is 11.6 Å². The lowest BCUT2D eigenvalue weighted by Gasteiger charge is -2.44. The van der Waals surface area contributed by atoms with E-state index in [1.807, 2.05) is 36.1 Å². The molecule has 2 aromatic carbocycles. The largest absolute Gasteiger partial charge is 0.496 e. The van der Waals surface area contributed by atoms with Crippen LogP contribution in [0.15, 0.2) is 54.6 Å². The minimum absolute atomic E-state index is 0.0151. The Morgan fingerprint density at radius 2 is 1.77 bits per heavy atom. The summed E-state index contributed by atoms with van der Waals surface area (Å²) in [7, 11) is 3.23. The van der Waals surface area contributed by atoms with Crippen molar-refractivity contribution in [2.24, 2.45) is 0 Å². The van der Waals surface area contributed by atoms with Crippen molar-refractivity contribution in [2.75, 3.05) is 50.1 Å². The first-order valence-electron chi connectivity index (χ1n) is 15.3. The normalized spacial score (nSPS) is 21.4. The lowest BCUT2D eigenvalue weighted by molar-refractivity contribution is -0.137. The molecule has 248 valence electrons. The van der Waals surface area contributed by atoms with E-state index >= 15 is 0 Å². The van der Waals surface area contributed by atoms with Gasteiger partial charge in [0, 0.05) is 56.3 Å². The lowest BCUT2D eigenvalue weighted by atomic mass is 10.0. The third-order valence-electron chi connectivity index (χ3n) is 9.05. The number of alkyl halides is 3. The number of halogens is 4. The Hall–Kier alpha value is -4.52. The van der Waals surface area contributed by atoms with Crippen LogP contribution in [-0.4, -0.2) is 91.1 Å². The van der Waals surface area contributed by atoms with E-state index in [9.17, 15) is 27.6 Å². The number of carbonyl (C=O) groups excluding carboxylic acids is 3. The highest BCUT2D eigenvalue weighted by molar-refractivity contribution is 6.30. The van der Waals surface area contributed by atoms with Crippen LogP contribution in [0.4, 0.5) is 29.3 Å². The number of ether oxygens (including phenoxy) is 1. The summed E-state index contributed by atoms with van der Waals surface area (Å²) in [4.78, 5) is 50.9. The lowest BCUT2D eigenvalue weighted by Crippen LogP contribution is -2.58. The van der Waals surface area contributed by atoms with Gasteiger partial charge in [0.2, 0.25) is 5.91 Å². The molecule has 10 nitrogen and oxygen atoms in total. The van der Waals surface area contributed by atoms with Gasteiger partial charge in [-0.2, -0.15) is 13.2 Å². The van der Waals surface area contributed by atoms with Gasteiger partial charge in [-0.05, 0) is 48.9 Å². The molecule has 0 radical (unpaired) electrons. The Kier molecular flexibility index (Phi) is 8.68. The number of nitrogens with one attached hydrogen (secondary N) is 1. The second kappa shape index (κ2) is 12.6. The molecule has 0 saturated carbocycles. The van der Waals surface area contributed by atoms with Crippen LogP contribution in [0.3, 0.4) is 0 Å². The molecule has 0 unspecified atom stereocenters. The molecular weight excluding hydrogens is 637 g/mol. The van der Waals surface area contributed by atoms with Crippen molar-refractivity contribution in [1.82, 2.24) is 20.1 Å². The topological polar surface area (TPSA) is 98.3 Å². The number of para-hydroxylation sites is 1. The highest BCUT2D eigenvalue weighted by Crippen LogP contribution is 2.41. The van der Waals surface area contributed by atoms with Gasteiger partial charge in [-0.15, -0.1) is 0 Å². The number of likely N-dealkylation sites (N-methyl/N-ethyl adjacent to an activating group) is 1. The average Bonchev–Trinajstić information content (AvgIpc) is 3.55. The first kappa shape index (κ1) is 32.4. The zero-order valence-corrected chi connectivity index (χ0v) is 26.8. The number of methoxy groups -OCH3 is 1. The smallest absolute Gasteiger partial charge is 0.418 e. The number of aromatic nitrogens is 1. The number of piperazine rings is 1. The van der Waals surface area contributed by atoms with E-state index in [0.717, 1.165) is 11.0 Å². The molecule has 1 aromatic heterocycles. The Morgan fingerprint density at radius 3 is 2.45 bits per heavy atom. The van der Waals surface area contributed by atoms with E-state index < -0.39 is 35.8 Å². The summed E-state index contributed by atoms with van der Waals surface area (Å²) in [5.41, 5.74) is 0.628. The SMILES string of the molecule is CC[C@@H]1CN2C(=O)N(c3ccc(Cl)cc3C(F)(F)F)C[C@@H]2CN1c1ccc(-c2ccccc2OC)nc1C(=O)N[C@@H]1CC(=O)N(C)C1. The van der Waals surface area contributed by atoms with Crippen LogP contribution in [0.1, 0.15) is 35.8 Å². The van der Waals surface area contributed by atoms with E-state index in [4.69, 9.17) is 21.3 Å². The molecule has 0 bridgehead atoms. The summed E-state index contributed by atoms with van der Waals surface area (Å²) in [5.74, 6) is 0.0487. The van der Waals surface area contributed by atoms with Crippen LogP contribution in [0.2, 0.25) is 5.02 Å². The molecule has 3 saturated heterocycles. The standard InChI is InChI=1S/C33H34ClF3N6O4/c1-4-21-16-42-22(18-43(32(42)46)26-11-9-19(34)13-24(26)33(35,36)37)17-41(21)27-12-10-25(23-7-5-6-8-28(23)47-3)39-30(27)31(45)38-20-14-29(44)40(2)15-20/h5-13,20-22H,4,14-18H2,1-3H3,(H,38,45)/t20-,21-,22+/m1/s1. The van der Waals surface area contributed by atoms with Crippen molar-refractivity contribution in [3.8, 4) is 17.0 Å². The number of urea groups is 1. The number of nitrogens with zero attached hydrogens (tertiary/aromatic N) is 5. The van der Waals surface area contributed by atoms with Crippen molar-refractivity contribution < 1.29 is 32.3 Å². The molecule has 3 aliphatic heterocycles. The van der Waals surface area contributed by atoms with Crippen LogP contribution in [-0.2, 0) is 11.0 Å². The van der Waals surface area contributed by atoms with Gasteiger partial charge in [-0.25, -0.2) is 9.78 Å². The van der Waals surface area contributed by atoms with Gasteiger partial charge < -0.3 is 24.8 Å². The summed E-state index contributed by atoms with van der Waals surface area (Å²) in [6.07, 6.45) is -3.95. The Bertz CT molecular complexity index is 1720. The van der Waals surface area contributed by atoms with E-state index in [1.54, 1.807) is 36.1 Å². The highest BCUT2D eigenvalue weighted by atomic mass is 35.5. The molecule has 1 N–H and O–H groups in total. The fourth-order valence-corrected chi connectivity index (χ4v) is 6.84. The maximum absolute atomic E-state index is 14.0. The molecule has 0 spiro atoms. The minimum Gasteiger partial charge on any atom is -0.496 e. The zero-order valence-electron chi connectivity index (χ0n) is 26.1. The number of hydrogen-bond acceptors (Lipinski definition) is 6. The van der Waals surface area contributed by atoms with E-state index in [1.165, 1.54) is 12.1 Å². The fraction of sp³-hybridized carbons (Fsp3) is 0.394. The molecular formula is C33H34ClF3N6O4. The van der Waals surface area contributed by atoms with Crippen LogP contribution in [0, 0.1) is 0 Å². The maximum atomic E-state index is 14.0. The number of anilines is 2. The first-order valence-corrected chi connectivity index (χ1v) is 15.7. The van der Waals surface area contributed by atoms with Crippen molar-refractivity contribution in [1.29, 1.82) is 0 Å². The minimum atomic E-state index is -4.71. The van der Waals surface area contributed by atoms with Crippen molar-refractivity contribution >= 4 is 40.8 Å². The van der Waals surface area contributed by atoms with Gasteiger partial charge in [0.25, 0.3) is 5.91 Å². The van der Waals surface area contributed by atoms with Crippen molar-refractivity contribution in [3.05, 3.63) is 70.9 Å². The summed E-state index contributed by atoms with van der Waals surface area (Å²) < 4.78 is 47.5. The molecule has 6 rings (SSSR count). The third kappa shape index (κ3) is 6.16. The average molecular weight is 671 g/mol. The number of carbonyl (C=O) groups is 3. The van der Waals surface area contributed by atoms with E-state index in [-0.39, 0.29) is 54.4 Å². The van der Waals surface area contributed by atoms with Gasteiger partial charge in [0.05, 0.1) is 41.8 Å². The molecule has 47 heavy (non-hydrogen) atoms.